The van der Waals surface area contributed by atoms with Gasteiger partial charge < -0.3 is 9.84 Å². The Morgan fingerprint density at radius 3 is 2.83 bits per heavy atom. The number of benzene rings is 1. The van der Waals surface area contributed by atoms with E-state index in [4.69, 9.17) is 16.3 Å². The van der Waals surface area contributed by atoms with Gasteiger partial charge >= 0.3 is 0 Å². The lowest BCUT2D eigenvalue weighted by Gasteiger charge is -2.21. The molecule has 0 radical (unpaired) electrons. The first kappa shape index (κ1) is 15.5. The van der Waals surface area contributed by atoms with Gasteiger partial charge in [0.05, 0.1) is 10.7 Å². The van der Waals surface area contributed by atoms with Crippen molar-refractivity contribution in [3.63, 3.8) is 0 Å². The molecule has 24 heavy (non-hydrogen) atoms. The topological polar surface area (TPSA) is 51.5 Å². The Bertz CT molecular complexity index is 906. The zero-order chi connectivity index (χ0) is 17.0. The Balaban J connectivity index is 2.02. The van der Waals surface area contributed by atoms with Crippen LogP contribution >= 0.6 is 11.6 Å². The highest BCUT2D eigenvalue weighted by Gasteiger charge is 2.30. The second-order valence-electron chi connectivity index (χ2n) is 6.48. The Morgan fingerprint density at radius 2 is 2.04 bits per heavy atom. The van der Waals surface area contributed by atoms with Gasteiger partial charge in [-0.15, -0.1) is 0 Å². The van der Waals surface area contributed by atoms with E-state index in [1.54, 1.807) is 0 Å². The maximum absolute atomic E-state index is 14.7. The lowest BCUT2D eigenvalue weighted by molar-refractivity contribution is 0.255. The lowest BCUT2D eigenvalue weighted by Crippen LogP contribution is -2.23. The zero-order valence-corrected chi connectivity index (χ0v) is 14.0. The molecule has 126 valence electrons. The van der Waals surface area contributed by atoms with Crippen molar-refractivity contribution in [2.75, 3.05) is 0 Å². The van der Waals surface area contributed by atoms with E-state index in [0.717, 1.165) is 41.0 Å². The van der Waals surface area contributed by atoms with Gasteiger partial charge in [0.15, 0.2) is 0 Å². The van der Waals surface area contributed by atoms with Crippen molar-refractivity contribution in [3.05, 3.63) is 50.0 Å². The van der Waals surface area contributed by atoms with Gasteiger partial charge in [0.1, 0.15) is 17.7 Å². The molecule has 0 amide bonds. The Labute approximate surface area is 143 Å². The number of hydrogen-bond acceptors (Lipinski definition) is 3. The van der Waals surface area contributed by atoms with E-state index >= 15 is 0 Å². The van der Waals surface area contributed by atoms with Crippen LogP contribution < -0.4 is 10.3 Å². The number of hydrogen-bond donors (Lipinski definition) is 1. The minimum absolute atomic E-state index is 0.0506. The largest absolute Gasteiger partial charge is 0.494 e. The Morgan fingerprint density at radius 1 is 1.29 bits per heavy atom. The quantitative estimate of drug-likeness (QED) is 0.856. The van der Waals surface area contributed by atoms with Gasteiger partial charge in [-0.25, -0.2) is 8.96 Å². The molecule has 1 atom stereocenters. The molecule has 1 N–H and O–H groups in total. The van der Waals surface area contributed by atoms with Gasteiger partial charge in [0.2, 0.25) is 5.88 Å². The average molecular weight is 350 g/mol. The first-order chi connectivity index (χ1) is 11.5. The third kappa shape index (κ3) is 2.22. The number of fused-ring (bicyclic) bond motifs is 2. The maximum atomic E-state index is 14.7. The fourth-order valence-corrected chi connectivity index (χ4v) is 4.00. The summed E-state index contributed by atoms with van der Waals surface area (Å²) >= 11 is 6.08. The molecule has 2 aliphatic rings. The summed E-state index contributed by atoms with van der Waals surface area (Å²) in [5, 5.41) is 10.9. The summed E-state index contributed by atoms with van der Waals surface area (Å²) in [6.07, 6.45) is 3.66. The standard InChI is InChI=1S/C18H17ClFNO3/c1-9-6-12-16(14(20)8-13(19)17(12)24-9)21-15(22)7-10-4-2-3-5-11(10)18(21)23/h7-9,23H,2-6H2,1H3. The van der Waals surface area contributed by atoms with Crippen LogP contribution in [0.3, 0.4) is 0 Å². The SMILES string of the molecule is CC1Cc2c(c(Cl)cc(F)c2-n2c(O)c3c(cc2=O)CCCC3)O1. The smallest absolute Gasteiger partial charge is 0.258 e. The van der Waals surface area contributed by atoms with Crippen LogP contribution in [0.15, 0.2) is 16.9 Å². The van der Waals surface area contributed by atoms with Crippen molar-refractivity contribution in [2.24, 2.45) is 0 Å². The molecule has 0 saturated heterocycles. The highest BCUT2D eigenvalue weighted by atomic mass is 35.5. The average Bonchev–Trinajstić information content (AvgIpc) is 2.92. The van der Waals surface area contributed by atoms with E-state index in [1.807, 2.05) is 6.92 Å². The first-order valence-corrected chi connectivity index (χ1v) is 8.50. The third-order valence-corrected chi connectivity index (χ3v) is 5.08. The van der Waals surface area contributed by atoms with E-state index < -0.39 is 11.4 Å². The van der Waals surface area contributed by atoms with Crippen molar-refractivity contribution in [3.8, 4) is 17.3 Å². The summed E-state index contributed by atoms with van der Waals surface area (Å²) < 4.78 is 21.4. The summed E-state index contributed by atoms with van der Waals surface area (Å²) in [6, 6.07) is 2.65. The number of nitrogens with zero attached hydrogens (tertiary/aromatic N) is 1. The molecule has 1 unspecified atom stereocenters. The van der Waals surface area contributed by atoms with Gasteiger partial charge in [-0.05, 0) is 44.2 Å². The molecule has 1 aromatic carbocycles. The molecule has 1 aliphatic carbocycles. The molecule has 0 spiro atoms. The molecule has 6 heteroatoms. The second-order valence-corrected chi connectivity index (χ2v) is 6.89. The molecule has 0 saturated carbocycles. The summed E-state index contributed by atoms with van der Waals surface area (Å²) in [5.41, 5.74) is 1.73. The monoisotopic (exact) mass is 349 g/mol. The van der Waals surface area contributed by atoms with Crippen molar-refractivity contribution in [1.29, 1.82) is 0 Å². The van der Waals surface area contributed by atoms with E-state index in [2.05, 4.69) is 0 Å². The third-order valence-electron chi connectivity index (χ3n) is 4.80. The predicted molar refractivity (Wildman–Crippen MR) is 89.1 cm³/mol. The number of rotatable bonds is 1. The van der Waals surface area contributed by atoms with Crippen LogP contribution in [-0.4, -0.2) is 15.8 Å². The number of ether oxygens (including phenoxy) is 1. The summed E-state index contributed by atoms with van der Waals surface area (Å²) in [5.74, 6) is -0.408. The molecule has 2 heterocycles. The van der Waals surface area contributed by atoms with Crippen LogP contribution in [0.25, 0.3) is 5.69 Å². The Kier molecular flexibility index (Phi) is 3.57. The van der Waals surface area contributed by atoms with Crippen molar-refractivity contribution in [1.82, 2.24) is 4.57 Å². The zero-order valence-electron chi connectivity index (χ0n) is 13.2. The molecular weight excluding hydrogens is 333 g/mol. The highest BCUT2D eigenvalue weighted by Crippen LogP contribution is 2.42. The van der Waals surface area contributed by atoms with Crippen LogP contribution in [0.2, 0.25) is 5.02 Å². The minimum Gasteiger partial charge on any atom is -0.494 e. The van der Waals surface area contributed by atoms with Gasteiger partial charge in [-0.2, -0.15) is 0 Å². The van der Waals surface area contributed by atoms with E-state index in [0.29, 0.717) is 24.2 Å². The molecule has 4 nitrogen and oxygen atoms in total. The van der Waals surface area contributed by atoms with Crippen LogP contribution in [-0.2, 0) is 19.3 Å². The number of aryl methyl sites for hydroxylation is 1. The molecule has 2 aromatic rings. The highest BCUT2D eigenvalue weighted by molar-refractivity contribution is 6.32. The summed E-state index contributed by atoms with van der Waals surface area (Å²) in [7, 11) is 0. The fourth-order valence-electron chi connectivity index (χ4n) is 3.74. The van der Waals surface area contributed by atoms with E-state index in [-0.39, 0.29) is 22.7 Å². The fraction of sp³-hybridized carbons (Fsp3) is 0.389. The lowest BCUT2D eigenvalue weighted by atomic mass is 9.92. The number of aromatic hydroxyl groups is 1. The van der Waals surface area contributed by atoms with Crippen LogP contribution in [0, 0.1) is 5.82 Å². The van der Waals surface area contributed by atoms with Crippen molar-refractivity contribution >= 4 is 11.6 Å². The summed E-state index contributed by atoms with van der Waals surface area (Å²) in [6.45, 7) is 1.85. The first-order valence-electron chi connectivity index (χ1n) is 8.12. The molecule has 0 fully saturated rings. The summed E-state index contributed by atoms with van der Waals surface area (Å²) in [4.78, 5) is 12.6. The molecule has 1 aliphatic heterocycles. The van der Waals surface area contributed by atoms with Crippen molar-refractivity contribution in [2.45, 2.75) is 45.1 Å². The van der Waals surface area contributed by atoms with Gasteiger partial charge in [0.25, 0.3) is 5.56 Å². The maximum Gasteiger partial charge on any atom is 0.258 e. The molecule has 1 aromatic heterocycles. The predicted octanol–water partition coefficient (Wildman–Crippen LogP) is 3.54. The normalized spacial score (nSPS) is 18.9. The van der Waals surface area contributed by atoms with E-state index in [1.165, 1.54) is 6.07 Å². The Hall–Kier alpha value is -2.01. The van der Waals surface area contributed by atoms with Crippen LogP contribution in [0.4, 0.5) is 4.39 Å². The van der Waals surface area contributed by atoms with Crippen LogP contribution in [0.5, 0.6) is 11.6 Å². The van der Waals surface area contributed by atoms with E-state index in [9.17, 15) is 14.3 Å². The molecule has 0 bridgehead atoms. The minimum atomic E-state index is -0.635. The van der Waals surface area contributed by atoms with Gasteiger partial charge in [-0.1, -0.05) is 11.6 Å². The number of pyridine rings is 1. The van der Waals surface area contributed by atoms with Gasteiger partial charge in [0, 0.05) is 23.6 Å². The van der Waals surface area contributed by atoms with Crippen molar-refractivity contribution < 1.29 is 14.2 Å². The van der Waals surface area contributed by atoms with Crippen LogP contribution in [0.1, 0.15) is 36.5 Å². The molecular formula is C18H17ClFNO3. The molecule has 4 rings (SSSR count). The number of aromatic nitrogens is 1. The van der Waals surface area contributed by atoms with Gasteiger partial charge in [-0.3, -0.25) is 4.79 Å². The number of halogens is 2. The second kappa shape index (κ2) is 5.52.